The molecule has 0 aliphatic heterocycles. The molecule has 1 atom stereocenters. The van der Waals surface area contributed by atoms with Gasteiger partial charge in [0.2, 0.25) is 0 Å². The Labute approximate surface area is 79.2 Å². The van der Waals surface area contributed by atoms with Gasteiger partial charge in [-0.1, -0.05) is 22.9 Å². The van der Waals surface area contributed by atoms with Crippen molar-refractivity contribution < 1.29 is 8.85 Å². The molecule has 0 bridgehead atoms. The van der Waals surface area contributed by atoms with E-state index in [4.69, 9.17) is 8.85 Å². The summed E-state index contributed by atoms with van der Waals surface area (Å²) in [7, 11) is -1.37. The summed E-state index contributed by atoms with van der Waals surface area (Å²) in [6.45, 7) is 7.74. The average Bonchev–Trinajstić information content (AvgIpc) is 2.03. The quantitative estimate of drug-likeness (QED) is 0.523. The molecular weight excluding hydrogens is 224 g/mol. The summed E-state index contributed by atoms with van der Waals surface area (Å²) in [5.41, 5.74) is 0.551. The highest BCUT2D eigenvalue weighted by molar-refractivity contribution is 9.09. The highest BCUT2D eigenvalue weighted by Crippen LogP contribution is 2.14. The lowest BCUT2D eigenvalue weighted by atomic mass is 10.6. The number of halogens is 1. The Morgan fingerprint density at radius 3 is 2.00 bits per heavy atom. The Hall–Kier alpha value is 0.617. The van der Waals surface area contributed by atoms with Crippen LogP contribution in [0, 0.1) is 0 Å². The van der Waals surface area contributed by atoms with Crippen LogP contribution in [0.4, 0.5) is 0 Å². The second kappa shape index (κ2) is 7.28. The van der Waals surface area contributed by atoms with Crippen molar-refractivity contribution in [2.45, 2.75) is 26.3 Å². The Kier molecular flexibility index (Phi) is 7.68. The summed E-state index contributed by atoms with van der Waals surface area (Å²) < 4.78 is 11.0. The third-order valence-corrected chi connectivity index (χ3v) is 5.57. The minimum atomic E-state index is -1.37. The van der Waals surface area contributed by atoms with Crippen molar-refractivity contribution >= 4 is 25.2 Å². The van der Waals surface area contributed by atoms with Crippen LogP contribution in [0.3, 0.4) is 0 Å². The van der Waals surface area contributed by atoms with E-state index in [0.717, 1.165) is 18.5 Å². The summed E-state index contributed by atoms with van der Waals surface area (Å²) in [6.07, 6.45) is 0. The van der Waals surface area contributed by atoms with Gasteiger partial charge in [-0.05, 0) is 13.8 Å². The lowest BCUT2D eigenvalue weighted by molar-refractivity contribution is 0.207. The zero-order chi connectivity index (χ0) is 8.69. The van der Waals surface area contributed by atoms with E-state index in [1.165, 1.54) is 0 Å². The Morgan fingerprint density at radius 1 is 1.27 bits per heavy atom. The van der Waals surface area contributed by atoms with Crippen molar-refractivity contribution in [3.05, 3.63) is 0 Å². The second-order valence-electron chi connectivity index (χ2n) is 2.41. The van der Waals surface area contributed by atoms with E-state index in [-0.39, 0.29) is 0 Å². The first-order chi connectivity index (χ1) is 5.26. The Bertz CT molecular complexity index is 86.5. The van der Waals surface area contributed by atoms with Crippen molar-refractivity contribution in [2.75, 3.05) is 18.5 Å². The van der Waals surface area contributed by atoms with E-state index in [0.29, 0.717) is 5.54 Å². The fourth-order valence-corrected chi connectivity index (χ4v) is 3.25. The molecule has 2 nitrogen and oxygen atoms in total. The minimum Gasteiger partial charge on any atom is -0.397 e. The molecule has 0 amide bonds. The van der Waals surface area contributed by atoms with Gasteiger partial charge in [0.25, 0.3) is 0 Å². The van der Waals surface area contributed by atoms with Crippen LogP contribution < -0.4 is 0 Å². The first kappa shape index (κ1) is 11.6. The average molecular weight is 241 g/mol. The largest absolute Gasteiger partial charge is 0.397 e. The summed E-state index contributed by atoms with van der Waals surface area (Å²) in [5.74, 6) is 0. The molecule has 1 unspecified atom stereocenters. The van der Waals surface area contributed by atoms with Gasteiger partial charge in [-0.3, -0.25) is 0 Å². The number of hydrogen-bond acceptors (Lipinski definition) is 2. The molecule has 0 aromatic rings. The van der Waals surface area contributed by atoms with E-state index in [9.17, 15) is 0 Å². The minimum absolute atomic E-state index is 0.551. The lowest BCUT2D eigenvalue weighted by Crippen LogP contribution is -2.28. The van der Waals surface area contributed by atoms with Crippen LogP contribution >= 0.6 is 15.9 Å². The van der Waals surface area contributed by atoms with Crippen LogP contribution in [-0.2, 0) is 8.85 Å². The van der Waals surface area contributed by atoms with Crippen molar-refractivity contribution in [1.29, 1.82) is 0 Å². The normalized spacial score (nSPS) is 13.9. The van der Waals surface area contributed by atoms with Gasteiger partial charge in [-0.25, -0.2) is 0 Å². The summed E-state index contributed by atoms with van der Waals surface area (Å²) in [4.78, 5) is 0. The van der Waals surface area contributed by atoms with Gasteiger partial charge in [0.15, 0.2) is 0 Å². The zero-order valence-corrected chi connectivity index (χ0v) is 10.2. The van der Waals surface area contributed by atoms with Gasteiger partial charge in [0, 0.05) is 24.1 Å². The molecule has 0 rings (SSSR count). The van der Waals surface area contributed by atoms with Gasteiger partial charge in [-0.15, -0.1) is 0 Å². The van der Waals surface area contributed by atoms with E-state index >= 15 is 0 Å². The number of alkyl halides is 1. The molecule has 0 aliphatic rings. The number of hydrogen-bond donors (Lipinski definition) is 0. The molecule has 0 aromatic carbocycles. The molecule has 0 saturated heterocycles. The van der Waals surface area contributed by atoms with Crippen molar-refractivity contribution in [3.63, 3.8) is 0 Å². The predicted molar refractivity (Wildman–Crippen MR) is 53.6 cm³/mol. The topological polar surface area (TPSA) is 18.5 Å². The van der Waals surface area contributed by atoms with Gasteiger partial charge < -0.3 is 8.85 Å². The zero-order valence-electron chi connectivity index (χ0n) is 7.47. The first-order valence-electron chi connectivity index (χ1n) is 4.05. The van der Waals surface area contributed by atoms with E-state index in [1.807, 2.05) is 13.8 Å². The maximum atomic E-state index is 5.52. The maximum absolute atomic E-state index is 5.52. The highest BCUT2D eigenvalue weighted by atomic mass is 79.9. The molecule has 4 heteroatoms. The van der Waals surface area contributed by atoms with Crippen molar-refractivity contribution in [1.82, 2.24) is 0 Å². The molecule has 0 N–H and O–H groups in total. The van der Waals surface area contributed by atoms with E-state index < -0.39 is 9.28 Å². The molecule has 11 heavy (non-hydrogen) atoms. The van der Waals surface area contributed by atoms with Crippen LogP contribution in [0.5, 0.6) is 0 Å². The van der Waals surface area contributed by atoms with Crippen LogP contribution in [0.2, 0.25) is 5.54 Å². The standard InChI is InChI=1S/C7H17BrO2Si/c1-4-9-11(10-5-2)7(3)6-8/h7,11H,4-6H2,1-3H3. The van der Waals surface area contributed by atoms with Gasteiger partial charge >= 0.3 is 9.28 Å². The maximum Gasteiger partial charge on any atom is 0.325 e. The third kappa shape index (κ3) is 4.95. The van der Waals surface area contributed by atoms with Gasteiger partial charge in [-0.2, -0.15) is 0 Å². The monoisotopic (exact) mass is 240 g/mol. The molecule has 0 aliphatic carbocycles. The predicted octanol–water partition coefficient (Wildman–Crippen LogP) is 2.06. The fourth-order valence-electron chi connectivity index (χ4n) is 0.778. The third-order valence-electron chi connectivity index (χ3n) is 1.37. The Balaban J connectivity index is 3.66. The SMILES string of the molecule is CCO[SiH](OCC)C(C)CBr. The van der Waals surface area contributed by atoms with Gasteiger partial charge in [0.05, 0.1) is 0 Å². The molecule has 68 valence electrons. The van der Waals surface area contributed by atoms with Gasteiger partial charge in [0.1, 0.15) is 0 Å². The molecular formula is C7H17BrO2Si. The smallest absolute Gasteiger partial charge is 0.325 e. The van der Waals surface area contributed by atoms with Crippen molar-refractivity contribution in [2.24, 2.45) is 0 Å². The van der Waals surface area contributed by atoms with Crippen molar-refractivity contribution in [3.8, 4) is 0 Å². The number of rotatable bonds is 6. The highest BCUT2D eigenvalue weighted by Gasteiger charge is 2.19. The second-order valence-corrected chi connectivity index (χ2v) is 5.60. The summed E-state index contributed by atoms with van der Waals surface area (Å²) in [6, 6.07) is 0. The summed E-state index contributed by atoms with van der Waals surface area (Å²) in [5, 5.41) is 0.976. The molecule has 0 spiro atoms. The summed E-state index contributed by atoms with van der Waals surface area (Å²) >= 11 is 3.43. The fraction of sp³-hybridized carbons (Fsp3) is 1.00. The van der Waals surface area contributed by atoms with Crippen LogP contribution in [0.25, 0.3) is 0 Å². The molecule has 0 heterocycles. The van der Waals surface area contributed by atoms with Crippen LogP contribution in [-0.4, -0.2) is 27.8 Å². The molecule has 0 radical (unpaired) electrons. The van der Waals surface area contributed by atoms with Crippen LogP contribution in [0.1, 0.15) is 20.8 Å². The van der Waals surface area contributed by atoms with E-state index in [1.54, 1.807) is 0 Å². The van der Waals surface area contributed by atoms with E-state index in [2.05, 4.69) is 22.9 Å². The lowest BCUT2D eigenvalue weighted by Gasteiger charge is -2.19. The van der Waals surface area contributed by atoms with Crippen LogP contribution in [0.15, 0.2) is 0 Å². The molecule has 0 fully saturated rings. The Morgan fingerprint density at radius 2 is 1.73 bits per heavy atom. The molecule has 0 aromatic heterocycles. The molecule has 0 saturated carbocycles. The first-order valence-corrected chi connectivity index (χ1v) is 6.78.